The van der Waals surface area contributed by atoms with Gasteiger partial charge in [0.15, 0.2) is 0 Å². The van der Waals surface area contributed by atoms with Gasteiger partial charge in [-0.3, -0.25) is 9.58 Å². The number of likely N-dealkylation sites (N-methyl/N-ethyl adjacent to an activating group) is 3. The summed E-state index contributed by atoms with van der Waals surface area (Å²) >= 11 is 0. The zero-order chi connectivity index (χ0) is 100.0. The molecule has 3 atom stereocenters. The number of aromatic nitrogens is 2. The Bertz CT molecular complexity index is 4040. The standard InChI is InChI=1S/C16H23N3.C15H23N.C15H25N.2C14H23N.C12H19N.C11H17N.C9H20N2.C8H18N2.2C2H6.CH4/c1-12(18-16(2,3)4)13-6-8-14(9-7-13)15-10-17-19(5)11-15;1-5-12-6-8-13(9-7-12)15(10-11-15)16-14(2,3)4;1-7-12-8-10-13(11-9-12)15(5,6)16-14(2,3)4;2*1-6-12-7-9-13(10-8-12)11(2)15-14(3,4)5;1-5-10-6-8-11(9-7-10)13-12(2,3)4;1-9-6-5-7-10(8-9)12-11(2,3)4;1-4-10-5-7-11(8-6-10)9(2)3;1-3-9-5-7-10(4-2)8-6-9;2*1-2;/h6-12,18H,1-5H3;6-9,16H,5,10-11H2,1-4H3;8-11,16H,7H2,1-6H3;2*7-11,15H,6H2,1-5H3;6-9,13H,5H2,1-4H3;5-8,12H,1-4H3;9H,4-8H2,1-3H3;3-8H2,1-2H3;2*1-2H3;1H4/t;;;2*11-;;;;;;;/m...10......./s1. The van der Waals surface area contributed by atoms with Gasteiger partial charge in [0.1, 0.15) is 0 Å². The van der Waals surface area contributed by atoms with Gasteiger partial charge in [-0.05, 0) is 356 Å². The van der Waals surface area contributed by atoms with Gasteiger partial charge in [0.2, 0.25) is 0 Å². The Labute approximate surface area is 816 Å². The summed E-state index contributed by atoms with van der Waals surface area (Å²) in [5, 5.41) is 29.2. The minimum absolute atomic E-state index is 0. The smallest absolute Gasteiger partial charge is 0.0568 e. The van der Waals surface area contributed by atoms with Gasteiger partial charge in [-0.2, -0.15) is 5.10 Å². The molecule has 0 amide bonds. The zero-order valence-corrected chi connectivity index (χ0v) is 92.5. The van der Waals surface area contributed by atoms with Crippen molar-refractivity contribution in [3.8, 4) is 11.1 Å². The maximum atomic E-state index is 4.20. The summed E-state index contributed by atoms with van der Waals surface area (Å²) in [4.78, 5) is 10.1. The predicted octanol–water partition coefficient (Wildman–Crippen LogP) is 29.5. The second-order valence-corrected chi connectivity index (χ2v) is 43.7. The summed E-state index contributed by atoms with van der Waals surface area (Å²) in [6.07, 6.45) is 12.0. The van der Waals surface area contributed by atoms with E-state index in [1.807, 2.05) is 51.8 Å². The highest BCUT2D eigenvalue weighted by Crippen LogP contribution is 2.47. The molecular formula is C119H207N13. The number of anilines is 2. The fourth-order valence-corrected chi connectivity index (χ4v) is 15.8. The second-order valence-electron chi connectivity index (χ2n) is 43.7. The molecule has 3 fully saturated rings. The molecule has 11 rings (SSSR count). The van der Waals surface area contributed by atoms with Crippen molar-refractivity contribution in [1.29, 1.82) is 0 Å². The van der Waals surface area contributed by atoms with Crippen LogP contribution in [0.15, 0.2) is 182 Å². The molecule has 13 nitrogen and oxygen atoms in total. The molecule has 1 aliphatic carbocycles. The molecule has 1 saturated carbocycles. The summed E-state index contributed by atoms with van der Waals surface area (Å²) < 4.78 is 1.83. The zero-order valence-electron chi connectivity index (χ0n) is 92.5. The molecule has 13 heteroatoms. The SMILES string of the molecule is C.CC.CC.CC(NC(C)(C)C)c1ccc(-c2cnn(C)c2)cc1.CCN1CCN(C(C)C)CC1.CCN1CCN(CC)CC1.CCc1ccc(C(C)(C)NC(C)(C)C)cc1.CCc1ccc(C2(NC(C)(C)C)CC2)cc1.CCc1ccc(NC(C)(C)C)cc1.CCc1ccc([C@@H](C)NC(C)(C)C)cc1.CCc1ccc([C@H](C)NC(C)(C)C)cc1.Cc1cccc(NC(C)(C)C)c1. The number of nitrogens with zero attached hydrogens (tertiary/aromatic N) is 6. The number of aryl methyl sites for hydroxylation is 7. The first-order chi connectivity index (χ1) is 61.0. The second kappa shape index (κ2) is 61.2. The third-order valence-corrected chi connectivity index (χ3v) is 22.6. The van der Waals surface area contributed by atoms with E-state index < -0.39 is 0 Å². The summed E-state index contributed by atoms with van der Waals surface area (Å²) in [5.74, 6) is 0. The van der Waals surface area contributed by atoms with Crippen LogP contribution in [0.5, 0.6) is 0 Å². The molecule has 748 valence electrons. The van der Waals surface area contributed by atoms with Gasteiger partial charge in [0.25, 0.3) is 0 Å². The van der Waals surface area contributed by atoms with E-state index in [-0.39, 0.29) is 57.3 Å². The van der Waals surface area contributed by atoms with E-state index in [1.54, 1.807) is 0 Å². The molecule has 1 unspecified atom stereocenters. The molecule has 7 aromatic carbocycles. The van der Waals surface area contributed by atoms with E-state index in [1.165, 1.54) is 163 Å². The van der Waals surface area contributed by atoms with E-state index in [9.17, 15) is 0 Å². The molecule has 8 aromatic rings. The molecule has 0 bridgehead atoms. The summed E-state index contributed by atoms with van der Waals surface area (Å²) in [5.41, 5.74) is 21.3. The first-order valence-electron chi connectivity index (χ1n) is 51.0. The Kier molecular flexibility index (Phi) is 58.0. The van der Waals surface area contributed by atoms with Crippen LogP contribution < -0.4 is 37.2 Å². The summed E-state index contributed by atoms with van der Waals surface area (Å²) in [6, 6.07) is 63.5. The lowest BCUT2D eigenvalue weighted by Gasteiger charge is -2.36. The normalized spacial score (nSPS) is 14.8. The lowest BCUT2D eigenvalue weighted by molar-refractivity contribution is 0.112. The fourth-order valence-electron chi connectivity index (χ4n) is 15.8. The van der Waals surface area contributed by atoms with Crippen LogP contribution in [0, 0.1) is 6.92 Å². The topological polar surface area (TPSA) is 115 Å². The molecule has 3 aliphatic rings. The molecule has 0 spiro atoms. The first kappa shape index (κ1) is 125. The summed E-state index contributed by atoms with van der Waals surface area (Å²) in [6.45, 7) is 103. The Morgan fingerprint density at radius 3 is 0.955 bits per heavy atom. The van der Waals surface area contributed by atoms with Crippen molar-refractivity contribution < 1.29 is 0 Å². The van der Waals surface area contributed by atoms with E-state index in [0.29, 0.717) is 18.1 Å². The Morgan fingerprint density at radius 2 is 0.674 bits per heavy atom. The number of rotatable bonds is 22. The lowest BCUT2D eigenvalue weighted by atomic mass is 9.90. The Hall–Kier alpha value is -7.01. The van der Waals surface area contributed by atoms with E-state index >= 15 is 0 Å². The van der Waals surface area contributed by atoms with E-state index in [4.69, 9.17) is 0 Å². The molecule has 2 saturated heterocycles. The third-order valence-electron chi connectivity index (χ3n) is 22.6. The Morgan fingerprint density at radius 1 is 0.356 bits per heavy atom. The van der Waals surface area contributed by atoms with Gasteiger partial charge in [-0.1, -0.05) is 236 Å². The van der Waals surface area contributed by atoms with Gasteiger partial charge in [-0.15, -0.1) is 0 Å². The molecule has 132 heavy (non-hydrogen) atoms. The molecule has 3 heterocycles. The highest BCUT2D eigenvalue weighted by atomic mass is 15.3. The molecular weight excluding hydrogens is 1610 g/mol. The minimum atomic E-state index is 0. The van der Waals surface area contributed by atoms with Crippen molar-refractivity contribution in [1.82, 2.24) is 56.0 Å². The minimum Gasteiger partial charge on any atom is -0.380 e. The molecule has 7 N–H and O–H groups in total. The van der Waals surface area contributed by atoms with Gasteiger partial charge in [-0.25, -0.2) is 0 Å². The van der Waals surface area contributed by atoms with Crippen molar-refractivity contribution >= 4 is 11.4 Å². The first-order valence-corrected chi connectivity index (χ1v) is 51.0. The van der Waals surface area contributed by atoms with Crippen LogP contribution >= 0.6 is 0 Å². The van der Waals surface area contributed by atoms with Crippen LogP contribution in [0.25, 0.3) is 11.1 Å². The van der Waals surface area contributed by atoms with Crippen molar-refractivity contribution in [2.45, 2.75) is 410 Å². The maximum Gasteiger partial charge on any atom is 0.0568 e. The van der Waals surface area contributed by atoms with Crippen molar-refractivity contribution in [2.24, 2.45) is 7.05 Å². The van der Waals surface area contributed by atoms with Crippen LogP contribution in [0.2, 0.25) is 0 Å². The van der Waals surface area contributed by atoms with E-state index in [0.717, 1.165) is 43.7 Å². The quantitative estimate of drug-likeness (QED) is 0.0351. The van der Waals surface area contributed by atoms with Crippen molar-refractivity contribution in [3.05, 3.63) is 243 Å². The average molecular weight is 1820 g/mol. The lowest BCUT2D eigenvalue weighted by Crippen LogP contribution is -2.48. The Balaban J connectivity index is 0.00000146. The van der Waals surface area contributed by atoms with Gasteiger partial charge >= 0.3 is 0 Å². The third kappa shape index (κ3) is 55.3. The number of piperazine rings is 2. The van der Waals surface area contributed by atoms with Crippen LogP contribution in [-0.2, 0) is 50.2 Å². The number of hydrogen-bond acceptors (Lipinski definition) is 12. The number of benzene rings is 7. The highest BCUT2D eigenvalue weighted by Gasteiger charge is 2.46. The highest BCUT2D eigenvalue weighted by molar-refractivity contribution is 5.62. The molecule has 2 aliphatic heterocycles. The predicted molar refractivity (Wildman–Crippen MR) is 592 cm³/mol. The monoisotopic (exact) mass is 1820 g/mol. The maximum absolute atomic E-state index is 4.20. The van der Waals surface area contributed by atoms with Crippen LogP contribution in [0.3, 0.4) is 0 Å². The molecule has 1 aromatic heterocycles. The summed E-state index contributed by atoms with van der Waals surface area (Å²) in [7, 11) is 1.94. The van der Waals surface area contributed by atoms with Gasteiger partial charge < -0.3 is 51.9 Å². The number of hydrogen-bond donors (Lipinski definition) is 7. The van der Waals surface area contributed by atoms with Crippen LogP contribution in [0.4, 0.5) is 11.4 Å². The number of nitrogens with one attached hydrogen (secondary N) is 7. The van der Waals surface area contributed by atoms with Crippen molar-refractivity contribution in [2.75, 3.05) is 82.6 Å². The van der Waals surface area contributed by atoms with Gasteiger partial charge in [0.05, 0.1) is 6.20 Å². The van der Waals surface area contributed by atoms with Crippen molar-refractivity contribution in [3.63, 3.8) is 0 Å². The fraction of sp³-hybridized carbons (Fsp3) is 0.622. The van der Waals surface area contributed by atoms with E-state index in [2.05, 4.69) is 488 Å². The molecule has 0 radical (unpaired) electrons. The van der Waals surface area contributed by atoms with Gasteiger partial charge in [0, 0.05) is 157 Å². The van der Waals surface area contributed by atoms with Crippen LogP contribution in [0.1, 0.15) is 377 Å². The largest absolute Gasteiger partial charge is 0.380 e. The average Bonchev–Trinajstić information content (AvgIpc) is 1.61. The van der Waals surface area contributed by atoms with Crippen LogP contribution in [-0.4, -0.2) is 146 Å².